The molecule has 1 aromatic heterocycles. The molecule has 0 aliphatic heterocycles. The van der Waals surface area contributed by atoms with Crippen molar-refractivity contribution in [1.82, 2.24) is 4.98 Å². The van der Waals surface area contributed by atoms with Gasteiger partial charge in [0, 0.05) is 23.9 Å². The number of ether oxygens (including phenoxy) is 1. The SMILES string of the molecule is Cc1cc(Oc2cc(C(C)N)ccn2)c(F)cc1[N+](=O)[O-]. The molecule has 2 rings (SSSR count). The van der Waals surface area contributed by atoms with Gasteiger partial charge in [-0.15, -0.1) is 0 Å². The van der Waals surface area contributed by atoms with E-state index in [2.05, 4.69) is 4.98 Å². The molecule has 0 fully saturated rings. The van der Waals surface area contributed by atoms with Gasteiger partial charge < -0.3 is 10.5 Å². The first-order valence-electron chi connectivity index (χ1n) is 6.22. The molecule has 110 valence electrons. The van der Waals surface area contributed by atoms with Gasteiger partial charge in [0.2, 0.25) is 5.88 Å². The van der Waals surface area contributed by atoms with E-state index in [4.69, 9.17) is 10.5 Å². The van der Waals surface area contributed by atoms with Gasteiger partial charge in [-0.3, -0.25) is 10.1 Å². The van der Waals surface area contributed by atoms with Gasteiger partial charge in [0.25, 0.3) is 5.69 Å². The molecule has 0 bridgehead atoms. The summed E-state index contributed by atoms with van der Waals surface area (Å²) in [7, 11) is 0. The van der Waals surface area contributed by atoms with Crippen LogP contribution in [0.25, 0.3) is 0 Å². The van der Waals surface area contributed by atoms with Crippen molar-refractivity contribution in [2.75, 3.05) is 0 Å². The number of aromatic nitrogens is 1. The fraction of sp³-hybridized carbons (Fsp3) is 0.214. The lowest BCUT2D eigenvalue weighted by atomic mass is 10.1. The number of hydrogen-bond acceptors (Lipinski definition) is 5. The fourth-order valence-corrected chi connectivity index (χ4v) is 1.80. The van der Waals surface area contributed by atoms with Gasteiger partial charge in [-0.05, 0) is 31.5 Å². The van der Waals surface area contributed by atoms with Crippen molar-refractivity contribution in [3.05, 3.63) is 57.5 Å². The second kappa shape index (κ2) is 5.84. The maximum Gasteiger partial charge on any atom is 0.275 e. The summed E-state index contributed by atoms with van der Waals surface area (Å²) in [6.45, 7) is 3.31. The van der Waals surface area contributed by atoms with Crippen LogP contribution in [0.15, 0.2) is 30.5 Å². The maximum absolute atomic E-state index is 13.9. The molecular weight excluding hydrogens is 277 g/mol. The van der Waals surface area contributed by atoms with Crippen LogP contribution < -0.4 is 10.5 Å². The van der Waals surface area contributed by atoms with Gasteiger partial charge in [-0.2, -0.15) is 0 Å². The van der Waals surface area contributed by atoms with Crippen LogP contribution in [0, 0.1) is 22.9 Å². The Morgan fingerprint density at radius 2 is 2.14 bits per heavy atom. The topological polar surface area (TPSA) is 91.3 Å². The van der Waals surface area contributed by atoms with Gasteiger partial charge in [0.15, 0.2) is 11.6 Å². The average molecular weight is 291 g/mol. The number of nitro benzene ring substituents is 1. The fourth-order valence-electron chi connectivity index (χ4n) is 1.80. The van der Waals surface area contributed by atoms with Crippen LogP contribution in [0.4, 0.5) is 10.1 Å². The molecular formula is C14H14FN3O3. The van der Waals surface area contributed by atoms with E-state index in [9.17, 15) is 14.5 Å². The molecule has 0 spiro atoms. The molecule has 0 aliphatic carbocycles. The van der Waals surface area contributed by atoms with Crippen LogP contribution in [0.2, 0.25) is 0 Å². The number of rotatable bonds is 4. The Morgan fingerprint density at radius 1 is 1.43 bits per heavy atom. The summed E-state index contributed by atoms with van der Waals surface area (Å²) in [5.74, 6) is -0.760. The number of aryl methyl sites for hydroxylation is 1. The standard InChI is InChI=1S/C14H14FN3O3/c1-8-5-13(11(15)7-12(8)18(19)20)21-14-6-10(9(2)16)3-4-17-14/h3-7,9H,16H2,1-2H3. The molecule has 2 N–H and O–H groups in total. The predicted octanol–water partition coefficient (Wildman–Crippen LogP) is 3.25. The van der Waals surface area contributed by atoms with E-state index in [0.29, 0.717) is 5.56 Å². The molecule has 0 radical (unpaired) electrons. The Labute approximate surface area is 120 Å². The van der Waals surface area contributed by atoms with Crippen LogP contribution in [0.5, 0.6) is 11.6 Å². The van der Waals surface area contributed by atoms with Crippen molar-refractivity contribution < 1.29 is 14.1 Å². The van der Waals surface area contributed by atoms with Crippen LogP contribution in [-0.4, -0.2) is 9.91 Å². The Kier molecular flexibility index (Phi) is 4.13. The highest BCUT2D eigenvalue weighted by atomic mass is 19.1. The smallest absolute Gasteiger partial charge is 0.275 e. The molecule has 1 heterocycles. The minimum atomic E-state index is -0.819. The number of halogens is 1. The normalized spacial score (nSPS) is 12.0. The summed E-state index contributed by atoms with van der Waals surface area (Å²) >= 11 is 0. The van der Waals surface area contributed by atoms with E-state index in [1.54, 1.807) is 19.1 Å². The minimum absolute atomic E-state index is 0.118. The Balaban J connectivity index is 2.34. The van der Waals surface area contributed by atoms with E-state index >= 15 is 0 Å². The Morgan fingerprint density at radius 3 is 2.76 bits per heavy atom. The van der Waals surface area contributed by atoms with Gasteiger partial charge in [-0.25, -0.2) is 9.37 Å². The van der Waals surface area contributed by atoms with Crippen molar-refractivity contribution in [3.63, 3.8) is 0 Å². The van der Waals surface area contributed by atoms with E-state index < -0.39 is 10.7 Å². The third kappa shape index (κ3) is 3.32. The Bertz CT molecular complexity index is 689. The van der Waals surface area contributed by atoms with E-state index in [0.717, 1.165) is 11.6 Å². The molecule has 7 heteroatoms. The van der Waals surface area contributed by atoms with Gasteiger partial charge >= 0.3 is 0 Å². The van der Waals surface area contributed by atoms with E-state index in [-0.39, 0.29) is 23.4 Å². The molecule has 0 aliphatic rings. The highest BCUT2D eigenvalue weighted by Crippen LogP contribution is 2.30. The summed E-state index contributed by atoms with van der Waals surface area (Å²) in [6.07, 6.45) is 1.50. The van der Waals surface area contributed by atoms with Crippen molar-refractivity contribution in [1.29, 1.82) is 0 Å². The van der Waals surface area contributed by atoms with Crippen LogP contribution in [-0.2, 0) is 0 Å². The van der Waals surface area contributed by atoms with Gasteiger partial charge in [-0.1, -0.05) is 0 Å². The number of nitrogens with two attached hydrogens (primary N) is 1. The zero-order valence-corrected chi connectivity index (χ0v) is 11.5. The summed E-state index contributed by atoms with van der Waals surface area (Å²) < 4.78 is 19.2. The molecule has 1 atom stereocenters. The summed E-state index contributed by atoms with van der Waals surface area (Å²) in [5.41, 5.74) is 6.55. The van der Waals surface area contributed by atoms with Crippen LogP contribution in [0.3, 0.4) is 0 Å². The van der Waals surface area contributed by atoms with Crippen molar-refractivity contribution >= 4 is 5.69 Å². The quantitative estimate of drug-likeness (QED) is 0.689. The zero-order valence-electron chi connectivity index (χ0n) is 11.5. The molecule has 0 saturated carbocycles. The summed E-state index contributed by atoms with van der Waals surface area (Å²) in [6, 6.07) is 5.22. The van der Waals surface area contributed by atoms with Crippen molar-refractivity contribution in [2.24, 2.45) is 5.73 Å². The van der Waals surface area contributed by atoms with E-state index in [1.807, 2.05) is 0 Å². The lowest BCUT2D eigenvalue weighted by Crippen LogP contribution is -2.05. The summed E-state index contributed by atoms with van der Waals surface area (Å²) in [5, 5.41) is 10.7. The molecule has 2 aromatic rings. The second-order valence-electron chi connectivity index (χ2n) is 4.64. The first-order valence-corrected chi connectivity index (χ1v) is 6.22. The maximum atomic E-state index is 13.9. The number of nitro groups is 1. The molecule has 0 amide bonds. The number of pyridine rings is 1. The third-order valence-corrected chi connectivity index (χ3v) is 2.95. The number of nitrogens with zero attached hydrogens (tertiary/aromatic N) is 2. The number of benzene rings is 1. The van der Waals surface area contributed by atoms with Crippen molar-refractivity contribution in [2.45, 2.75) is 19.9 Å². The van der Waals surface area contributed by atoms with Gasteiger partial charge in [0.1, 0.15) is 0 Å². The first kappa shape index (κ1) is 14.9. The van der Waals surface area contributed by atoms with E-state index in [1.165, 1.54) is 19.2 Å². The second-order valence-corrected chi connectivity index (χ2v) is 4.64. The highest BCUT2D eigenvalue weighted by molar-refractivity contribution is 5.46. The molecule has 0 saturated heterocycles. The lowest BCUT2D eigenvalue weighted by molar-refractivity contribution is -0.385. The predicted molar refractivity (Wildman–Crippen MR) is 74.7 cm³/mol. The molecule has 6 nitrogen and oxygen atoms in total. The largest absolute Gasteiger partial charge is 0.436 e. The minimum Gasteiger partial charge on any atom is -0.436 e. The first-order chi connectivity index (χ1) is 9.88. The molecule has 1 aromatic carbocycles. The van der Waals surface area contributed by atoms with Crippen molar-refractivity contribution in [3.8, 4) is 11.6 Å². The monoisotopic (exact) mass is 291 g/mol. The average Bonchev–Trinajstić information content (AvgIpc) is 2.42. The molecule has 1 unspecified atom stereocenters. The highest BCUT2D eigenvalue weighted by Gasteiger charge is 2.17. The Hall–Kier alpha value is -2.54. The summed E-state index contributed by atoms with van der Waals surface area (Å²) in [4.78, 5) is 14.1. The zero-order chi connectivity index (χ0) is 15.6. The third-order valence-electron chi connectivity index (χ3n) is 2.95. The number of hydrogen-bond donors (Lipinski definition) is 1. The lowest BCUT2D eigenvalue weighted by Gasteiger charge is -2.10. The van der Waals surface area contributed by atoms with Crippen LogP contribution in [0.1, 0.15) is 24.1 Å². The van der Waals surface area contributed by atoms with Crippen LogP contribution >= 0.6 is 0 Å². The van der Waals surface area contributed by atoms with Gasteiger partial charge in [0.05, 0.1) is 11.0 Å². The molecule has 21 heavy (non-hydrogen) atoms.